The minimum atomic E-state index is -4.71. The minimum absolute atomic E-state index is 0.174. The molecule has 11 heteroatoms. The molecule has 2 bridgehead atoms. The average molecular weight is 490 g/mol. The molecule has 0 amide bonds. The van der Waals surface area contributed by atoms with Crippen LogP contribution >= 0.6 is 0 Å². The van der Waals surface area contributed by atoms with E-state index >= 15 is 0 Å². The van der Waals surface area contributed by atoms with Gasteiger partial charge >= 0.3 is 6.18 Å². The molecule has 0 unspecified atom stereocenters. The van der Waals surface area contributed by atoms with E-state index in [1.54, 1.807) is 18.2 Å². The maximum atomic E-state index is 14.4. The molecule has 2 aromatic heterocycles. The van der Waals surface area contributed by atoms with Gasteiger partial charge in [-0.25, -0.2) is 23.7 Å². The number of anilines is 1. The highest BCUT2D eigenvalue weighted by molar-refractivity contribution is 5.93. The number of fused-ring (bicyclic) bond motifs is 3. The first-order valence-corrected chi connectivity index (χ1v) is 11.0. The zero-order chi connectivity index (χ0) is 24.7. The second kappa shape index (κ2) is 8.86. The lowest BCUT2D eigenvalue weighted by Gasteiger charge is -2.50. The third-order valence-electron chi connectivity index (χ3n) is 6.49. The summed E-state index contributed by atoms with van der Waals surface area (Å²) in [5.74, 6) is -1.90. The van der Waals surface area contributed by atoms with Gasteiger partial charge in [0, 0.05) is 29.6 Å². The number of ether oxygens (including phenoxy) is 1. The van der Waals surface area contributed by atoms with Crippen LogP contribution in [-0.2, 0) is 6.18 Å². The Morgan fingerprint density at radius 3 is 2.49 bits per heavy atom. The second-order valence-corrected chi connectivity index (χ2v) is 8.64. The Morgan fingerprint density at radius 1 is 1.06 bits per heavy atom. The van der Waals surface area contributed by atoms with Gasteiger partial charge in [-0.3, -0.25) is 4.79 Å². The van der Waals surface area contributed by atoms with E-state index in [1.165, 1.54) is 0 Å². The number of piperidine rings is 2. The van der Waals surface area contributed by atoms with Gasteiger partial charge in [0.1, 0.15) is 6.10 Å². The van der Waals surface area contributed by atoms with Gasteiger partial charge in [-0.1, -0.05) is 12.1 Å². The zero-order valence-electron chi connectivity index (χ0n) is 18.2. The van der Waals surface area contributed by atoms with Crippen LogP contribution in [0.1, 0.15) is 35.2 Å². The van der Waals surface area contributed by atoms with Crippen molar-refractivity contribution in [3.63, 3.8) is 0 Å². The number of carbonyl (C=O) groups excluding carboxylic acids is 1. The number of aromatic nitrogens is 3. The summed E-state index contributed by atoms with van der Waals surface area (Å²) in [5, 5.41) is 0. The Kier molecular flexibility index (Phi) is 5.86. The fourth-order valence-corrected chi connectivity index (χ4v) is 4.92. The van der Waals surface area contributed by atoms with Crippen LogP contribution in [0.2, 0.25) is 0 Å². The average Bonchev–Trinajstić information content (AvgIpc) is 2.85. The SMILES string of the molecule is O=Cc1c(-c2ncc(F)cn2)cccc1N1C[C@@H]2CC[C@H]1[C@H](Oc1ncc(C(F)(F)F)cc1F)C2. The molecule has 2 aliphatic heterocycles. The van der Waals surface area contributed by atoms with Gasteiger partial charge in [0.25, 0.3) is 5.88 Å². The van der Waals surface area contributed by atoms with E-state index in [-0.39, 0.29) is 17.8 Å². The molecule has 1 aliphatic carbocycles. The van der Waals surface area contributed by atoms with Gasteiger partial charge in [0.15, 0.2) is 23.7 Å². The molecule has 0 spiro atoms. The Bertz CT molecular complexity index is 1250. The predicted molar refractivity (Wildman–Crippen MR) is 115 cm³/mol. The maximum Gasteiger partial charge on any atom is 0.417 e. The van der Waals surface area contributed by atoms with Gasteiger partial charge < -0.3 is 9.64 Å². The molecule has 6 rings (SSSR count). The fraction of sp³-hybridized carbons (Fsp3) is 0.333. The molecule has 3 atom stereocenters. The monoisotopic (exact) mass is 490 g/mol. The van der Waals surface area contributed by atoms with Crippen LogP contribution in [0, 0.1) is 17.6 Å². The van der Waals surface area contributed by atoms with E-state index in [2.05, 4.69) is 15.0 Å². The highest BCUT2D eigenvalue weighted by Gasteiger charge is 2.43. The highest BCUT2D eigenvalue weighted by Crippen LogP contribution is 2.42. The van der Waals surface area contributed by atoms with Crippen molar-refractivity contribution < 1.29 is 31.5 Å². The quantitative estimate of drug-likeness (QED) is 0.367. The summed E-state index contributed by atoms with van der Waals surface area (Å²) in [5.41, 5.74) is 0.176. The lowest BCUT2D eigenvalue weighted by atomic mass is 9.77. The number of alkyl halides is 3. The summed E-state index contributed by atoms with van der Waals surface area (Å²) < 4.78 is 72.0. The molecule has 0 N–H and O–H groups in total. The van der Waals surface area contributed by atoms with Gasteiger partial charge in [0.05, 0.1) is 24.0 Å². The summed E-state index contributed by atoms with van der Waals surface area (Å²) >= 11 is 0. The van der Waals surface area contributed by atoms with Crippen molar-refractivity contribution in [2.75, 3.05) is 11.4 Å². The molecule has 3 aromatic rings. The summed E-state index contributed by atoms with van der Waals surface area (Å²) in [4.78, 5) is 25.7. The summed E-state index contributed by atoms with van der Waals surface area (Å²) in [7, 11) is 0. The molecule has 0 radical (unpaired) electrons. The van der Waals surface area contributed by atoms with Crippen LogP contribution < -0.4 is 9.64 Å². The summed E-state index contributed by atoms with van der Waals surface area (Å²) in [6, 6.07) is 5.28. The lowest BCUT2D eigenvalue weighted by Crippen LogP contribution is -2.58. The van der Waals surface area contributed by atoms with Crippen molar-refractivity contribution in [2.24, 2.45) is 5.92 Å². The Morgan fingerprint density at radius 2 is 1.83 bits per heavy atom. The van der Waals surface area contributed by atoms with E-state index in [9.17, 15) is 26.7 Å². The number of nitrogens with zero attached hydrogens (tertiary/aromatic N) is 4. The molecule has 4 heterocycles. The molecule has 2 saturated heterocycles. The molecule has 182 valence electrons. The number of benzene rings is 1. The normalized spacial score (nSPS) is 21.7. The number of aldehydes is 1. The van der Waals surface area contributed by atoms with Crippen molar-refractivity contribution in [3.8, 4) is 17.3 Å². The van der Waals surface area contributed by atoms with Crippen LogP contribution in [0.25, 0.3) is 11.4 Å². The Balaban J connectivity index is 1.45. The molecule has 3 fully saturated rings. The first-order valence-electron chi connectivity index (χ1n) is 11.0. The van der Waals surface area contributed by atoms with E-state index < -0.39 is 35.4 Å². The number of rotatable bonds is 5. The molecular weight excluding hydrogens is 471 g/mol. The van der Waals surface area contributed by atoms with Gasteiger partial charge in [0.2, 0.25) is 0 Å². The third-order valence-corrected chi connectivity index (χ3v) is 6.49. The van der Waals surface area contributed by atoms with E-state index in [1.807, 2.05) is 4.90 Å². The first-order chi connectivity index (χ1) is 16.7. The van der Waals surface area contributed by atoms with Gasteiger partial charge in [-0.05, 0) is 37.3 Å². The van der Waals surface area contributed by atoms with Crippen LogP contribution in [0.15, 0.2) is 42.9 Å². The number of hydrogen-bond acceptors (Lipinski definition) is 6. The standard InChI is InChI=1S/C24H19F5N4O2/c25-15-9-30-22(31-10-15)16-2-1-3-19(17(16)12-34)33-11-13-4-5-20(33)21(6-13)35-23-18(26)7-14(8-32-23)24(27,28)29/h1-3,7-10,12-13,20-21H,4-6,11H2/t13-,20+,21-/m1/s1. The maximum absolute atomic E-state index is 14.4. The molecular formula is C24H19F5N4O2. The Labute approximate surface area is 196 Å². The molecule has 3 aliphatic rings. The Hall–Kier alpha value is -3.63. The fourth-order valence-electron chi connectivity index (χ4n) is 4.92. The highest BCUT2D eigenvalue weighted by atomic mass is 19.4. The van der Waals surface area contributed by atoms with Crippen molar-refractivity contribution >= 4 is 12.0 Å². The molecule has 35 heavy (non-hydrogen) atoms. The predicted octanol–water partition coefficient (Wildman–Crippen LogP) is 5.08. The third kappa shape index (κ3) is 4.42. The second-order valence-electron chi connectivity index (χ2n) is 8.64. The molecule has 1 saturated carbocycles. The largest absolute Gasteiger partial charge is 0.470 e. The lowest BCUT2D eigenvalue weighted by molar-refractivity contribution is -0.138. The topological polar surface area (TPSA) is 68.2 Å². The smallest absolute Gasteiger partial charge is 0.417 e. The molecule has 1 aromatic carbocycles. The van der Waals surface area contributed by atoms with Crippen molar-refractivity contribution in [1.82, 2.24) is 15.0 Å². The van der Waals surface area contributed by atoms with Crippen LogP contribution in [0.5, 0.6) is 5.88 Å². The summed E-state index contributed by atoms with van der Waals surface area (Å²) in [6.45, 7) is 0.627. The number of pyridine rings is 1. The van der Waals surface area contributed by atoms with Crippen LogP contribution in [0.4, 0.5) is 27.6 Å². The minimum Gasteiger partial charge on any atom is -0.470 e. The van der Waals surface area contributed by atoms with Crippen molar-refractivity contribution in [3.05, 3.63) is 65.6 Å². The molecule has 6 nitrogen and oxygen atoms in total. The first kappa shape index (κ1) is 23.1. The zero-order valence-corrected chi connectivity index (χ0v) is 18.2. The van der Waals surface area contributed by atoms with Gasteiger partial charge in [-0.2, -0.15) is 13.2 Å². The van der Waals surface area contributed by atoms with Crippen LogP contribution in [-0.4, -0.2) is 39.9 Å². The number of hydrogen-bond donors (Lipinski definition) is 0. The van der Waals surface area contributed by atoms with Crippen molar-refractivity contribution in [2.45, 2.75) is 37.6 Å². The summed E-state index contributed by atoms with van der Waals surface area (Å²) in [6.07, 6.45) is 0.197. The van der Waals surface area contributed by atoms with E-state index in [4.69, 9.17) is 4.74 Å². The van der Waals surface area contributed by atoms with Gasteiger partial charge in [-0.15, -0.1) is 0 Å². The van der Waals surface area contributed by atoms with E-state index in [0.717, 1.165) is 18.8 Å². The van der Waals surface area contributed by atoms with Crippen molar-refractivity contribution in [1.29, 1.82) is 0 Å². The van der Waals surface area contributed by atoms with Crippen LogP contribution in [0.3, 0.4) is 0 Å². The van der Waals surface area contributed by atoms with E-state index in [0.29, 0.717) is 54.8 Å². The number of halogens is 5. The number of carbonyl (C=O) groups is 1.